The van der Waals surface area contributed by atoms with E-state index < -0.39 is 0 Å². The van der Waals surface area contributed by atoms with E-state index in [2.05, 4.69) is 64.8 Å². The van der Waals surface area contributed by atoms with Gasteiger partial charge < -0.3 is 10.1 Å². The van der Waals surface area contributed by atoms with Crippen LogP contribution < -0.4 is 10.1 Å². The van der Waals surface area contributed by atoms with Crippen LogP contribution in [0.4, 0.5) is 0 Å². The molecular formula is C25H28N2O. The van der Waals surface area contributed by atoms with Crippen molar-refractivity contribution in [3.05, 3.63) is 77.9 Å². The summed E-state index contributed by atoms with van der Waals surface area (Å²) in [6.45, 7) is 3.28. The second kappa shape index (κ2) is 7.57. The smallest absolute Gasteiger partial charge is 0.123 e. The molecule has 3 nitrogen and oxygen atoms in total. The number of ether oxygens (including phenoxy) is 1. The first-order chi connectivity index (χ1) is 13.8. The van der Waals surface area contributed by atoms with Crippen LogP contribution in [-0.4, -0.2) is 31.1 Å². The maximum atomic E-state index is 5.56. The number of piperidine rings is 3. The Morgan fingerprint density at radius 1 is 0.929 bits per heavy atom. The molecule has 6 rings (SSSR count). The van der Waals surface area contributed by atoms with E-state index in [-0.39, 0.29) is 0 Å². The van der Waals surface area contributed by atoms with Crippen molar-refractivity contribution >= 4 is 10.8 Å². The van der Waals surface area contributed by atoms with Gasteiger partial charge in [0.1, 0.15) is 5.75 Å². The molecular weight excluding hydrogens is 344 g/mol. The minimum absolute atomic E-state index is 0.451. The predicted molar refractivity (Wildman–Crippen MR) is 115 cm³/mol. The Bertz CT molecular complexity index is 961. The molecule has 3 aromatic carbocycles. The first-order valence-corrected chi connectivity index (χ1v) is 10.4. The van der Waals surface area contributed by atoms with Gasteiger partial charge in [-0.05, 0) is 60.3 Å². The topological polar surface area (TPSA) is 24.5 Å². The number of rotatable bonds is 5. The normalized spacial score (nSPS) is 26.5. The summed E-state index contributed by atoms with van der Waals surface area (Å²) in [6, 6.07) is 25.0. The summed E-state index contributed by atoms with van der Waals surface area (Å²) >= 11 is 0. The Morgan fingerprint density at radius 3 is 2.50 bits per heavy atom. The fourth-order valence-electron chi connectivity index (χ4n) is 5.21. The second-order valence-electron chi connectivity index (χ2n) is 8.14. The van der Waals surface area contributed by atoms with Gasteiger partial charge in [0.25, 0.3) is 0 Å². The zero-order valence-corrected chi connectivity index (χ0v) is 16.5. The van der Waals surface area contributed by atoms with Gasteiger partial charge in [-0.2, -0.15) is 0 Å². The van der Waals surface area contributed by atoms with Crippen molar-refractivity contribution < 1.29 is 4.74 Å². The molecule has 28 heavy (non-hydrogen) atoms. The lowest BCUT2D eigenvalue weighted by molar-refractivity contribution is 0.0112. The van der Waals surface area contributed by atoms with Gasteiger partial charge in [-0.25, -0.2) is 0 Å². The maximum Gasteiger partial charge on any atom is 0.123 e. The molecule has 0 spiro atoms. The molecule has 3 fully saturated rings. The lowest BCUT2D eigenvalue weighted by atomic mass is 9.76. The minimum atomic E-state index is 0.451. The molecule has 0 saturated carbocycles. The third kappa shape index (κ3) is 3.19. The molecule has 3 aliphatic rings. The number of methoxy groups -OCH3 is 1. The van der Waals surface area contributed by atoms with Crippen molar-refractivity contribution in [3.63, 3.8) is 0 Å². The van der Waals surface area contributed by atoms with E-state index in [1.54, 1.807) is 7.11 Å². The van der Waals surface area contributed by atoms with Crippen LogP contribution in [0.3, 0.4) is 0 Å². The highest BCUT2D eigenvalue weighted by Crippen LogP contribution is 2.41. The van der Waals surface area contributed by atoms with E-state index in [0.717, 1.165) is 18.2 Å². The van der Waals surface area contributed by atoms with E-state index in [1.165, 1.54) is 47.8 Å². The highest BCUT2D eigenvalue weighted by molar-refractivity contribution is 5.83. The molecule has 3 aliphatic heterocycles. The first kappa shape index (κ1) is 17.7. The van der Waals surface area contributed by atoms with Crippen molar-refractivity contribution in [2.75, 3.05) is 20.2 Å². The molecule has 2 unspecified atom stereocenters. The van der Waals surface area contributed by atoms with Crippen molar-refractivity contribution in [2.45, 2.75) is 31.5 Å². The van der Waals surface area contributed by atoms with Gasteiger partial charge in [0, 0.05) is 18.2 Å². The second-order valence-corrected chi connectivity index (χ2v) is 8.14. The lowest BCUT2D eigenvalue weighted by Crippen LogP contribution is -2.57. The molecule has 1 N–H and O–H groups in total. The summed E-state index contributed by atoms with van der Waals surface area (Å²) in [5.74, 6) is 1.72. The Balaban J connectivity index is 1.44. The molecule has 144 valence electrons. The summed E-state index contributed by atoms with van der Waals surface area (Å²) in [4.78, 5) is 2.68. The SMILES string of the molecule is COc1ccccc1CNC1C2CCN(CC2)C1c1ccc2ccccc2c1. The van der Waals surface area contributed by atoms with Gasteiger partial charge in [-0.3, -0.25) is 4.90 Å². The quantitative estimate of drug-likeness (QED) is 0.698. The van der Waals surface area contributed by atoms with Gasteiger partial charge in [-0.1, -0.05) is 54.6 Å². The van der Waals surface area contributed by atoms with Crippen LogP contribution in [0, 0.1) is 5.92 Å². The van der Waals surface area contributed by atoms with Crippen LogP contribution in [0.15, 0.2) is 66.7 Å². The Kier molecular flexibility index (Phi) is 4.79. The minimum Gasteiger partial charge on any atom is -0.496 e. The number of fused-ring (bicyclic) bond motifs is 4. The molecule has 0 amide bonds. The third-order valence-corrected chi connectivity index (χ3v) is 6.65. The maximum absolute atomic E-state index is 5.56. The Labute approximate surface area is 167 Å². The summed E-state index contributed by atoms with van der Waals surface area (Å²) in [7, 11) is 1.75. The van der Waals surface area contributed by atoms with E-state index in [4.69, 9.17) is 4.74 Å². The summed E-state index contributed by atoms with van der Waals surface area (Å²) < 4.78 is 5.56. The largest absolute Gasteiger partial charge is 0.496 e. The third-order valence-electron chi connectivity index (χ3n) is 6.65. The van der Waals surface area contributed by atoms with Crippen molar-refractivity contribution in [1.82, 2.24) is 10.2 Å². The van der Waals surface area contributed by atoms with Crippen molar-refractivity contribution in [3.8, 4) is 5.75 Å². The van der Waals surface area contributed by atoms with Crippen molar-refractivity contribution in [1.29, 1.82) is 0 Å². The molecule has 2 atom stereocenters. The first-order valence-electron chi connectivity index (χ1n) is 10.4. The molecule has 2 bridgehead atoms. The average molecular weight is 373 g/mol. The van der Waals surface area contributed by atoms with Crippen LogP contribution in [0.25, 0.3) is 10.8 Å². The van der Waals surface area contributed by atoms with Gasteiger partial charge >= 0.3 is 0 Å². The van der Waals surface area contributed by atoms with Crippen LogP contribution in [0.5, 0.6) is 5.75 Å². The van der Waals surface area contributed by atoms with Gasteiger partial charge in [-0.15, -0.1) is 0 Å². The van der Waals surface area contributed by atoms with Gasteiger partial charge in [0.2, 0.25) is 0 Å². The molecule has 3 aromatic rings. The monoisotopic (exact) mass is 372 g/mol. The number of hydrogen-bond acceptors (Lipinski definition) is 3. The fraction of sp³-hybridized carbons (Fsp3) is 0.360. The van der Waals surface area contributed by atoms with Gasteiger partial charge in [0.05, 0.1) is 13.2 Å². The van der Waals surface area contributed by atoms with Gasteiger partial charge in [0.15, 0.2) is 0 Å². The zero-order chi connectivity index (χ0) is 18.9. The Morgan fingerprint density at radius 2 is 1.68 bits per heavy atom. The standard InChI is InChI=1S/C25H28N2O/c1-28-23-9-5-4-8-22(23)17-26-24-19-12-14-27(15-13-19)25(24)21-11-10-18-6-2-3-7-20(18)16-21/h2-11,16,19,24-26H,12-15,17H2,1H3. The van der Waals surface area contributed by atoms with E-state index in [1.807, 2.05) is 12.1 Å². The molecule has 3 heterocycles. The van der Waals surface area contributed by atoms with E-state index >= 15 is 0 Å². The Hall–Kier alpha value is -2.36. The van der Waals surface area contributed by atoms with Crippen LogP contribution >= 0.6 is 0 Å². The molecule has 0 radical (unpaired) electrons. The number of nitrogens with one attached hydrogen (secondary N) is 1. The van der Waals surface area contributed by atoms with Crippen molar-refractivity contribution in [2.24, 2.45) is 5.92 Å². The van der Waals surface area contributed by atoms with Crippen LogP contribution in [-0.2, 0) is 6.54 Å². The summed E-state index contributed by atoms with van der Waals surface area (Å²) in [6.07, 6.45) is 2.60. The van der Waals surface area contributed by atoms with Crippen LogP contribution in [0.1, 0.15) is 30.0 Å². The van der Waals surface area contributed by atoms with Crippen LogP contribution in [0.2, 0.25) is 0 Å². The number of para-hydroxylation sites is 1. The number of nitrogens with zero attached hydrogens (tertiary/aromatic N) is 1. The molecule has 0 aromatic heterocycles. The lowest BCUT2D eigenvalue weighted by Gasteiger charge is -2.51. The highest BCUT2D eigenvalue weighted by atomic mass is 16.5. The highest BCUT2D eigenvalue weighted by Gasteiger charge is 2.42. The van der Waals surface area contributed by atoms with E-state index in [9.17, 15) is 0 Å². The summed E-state index contributed by atoms with van der Waals surface area (Å²) in [5, 5.41) is 6.58. The summed E-state index contributed by atoms with van der Waals surface area (Å²) in [5.41, 5.74) is 2.68. The molecule has 3 heteroatoms. The number of hydrogen-bond donors (Lipinski definition) is 1. The fourth-order valence-corrected chi connectivity index (χ4v) is 5.21. The molecule has 0 aliphatic carbocycles. The predicted octanol–water partition coefficient (Wildman–Crippen LogP) is 4.77. The average Bonchev–Trinajstić information content (AvgIpc) is 2.78. The number of benzene rings is 3. The zero-order valence-electron chi connectivity index (χ0n) is 16.5. The van der Waals surface area contributed by atoms with E-state index in [0.29, 0.717) is 12.1 Å². The molecule has 3 saturated heterocycles.